The van der Waals surface area contributed by atoms with Crippen LogP contribution in [0.5, 0.6) is 0 Å². The molecule has 3 rings (SSSR count). The topological polar surface area (TPSA) is 12.9 Å². The van der Waals surface area contributed by atoms with Gasteiger partial charge in [0, 0.05) is 17.3 Å². The van der Waals surface area contributed by atoms with Gasteiger partial charge in [0.1, 0.15) is 5.82 Å². The van der Waals surface area contributed by atoms with Gasteiger partial charge in [0.05, 0.1) is 5.69 Å². The molecule has 1 nitrogen and oxygen atoms in total. The van der Waals surface area contributed by atoms with E-state index in [1.165, 1.54) is 18.4 Å². The number of benzene rings is 2. The van der Waals surface area contributed by atoms with Gasteiger partial charge < -0.3 is 0 Å². The summed E-state index contributed by atoms with van der Waals surface area (Å²) in [5.74, 6) is -0.144. The van der Waals surface area contributed by atoms with E-state index in [4.69, 9.17) is 0 Å². The third kappa shape index (κ3) is 5.03. The van der Waals surface area contributed by atoms with Gasteiger partial charge in [-0.15, -0.1) is 0 Å². The van der Waals surface area contributed by atoms with Crippen LogP contribution in [-0.4, -0.2) is 4.98 Å². The van der Waals surface area contributed by atoms with Crippen molar-refractivity contribution in [1.82, 2.24) is 4.98 Å². The largest absolute Gasteiger partial charge is 0.256 e. The Labute approximate surface area is 162 Å². The molecule has 3 aromatic rings. The van der Waals surface area contributed by atoms with Crippen LogP contribution in [-0.2, 0) is 12.8 Å². The third-order valence-corrected chi connectivity index (χ3v) is 4.99. The quantitative estimate of drug-likeness (QED) is 0.412. The number of rotatable bonds is 8. The van der Waals surface area contributed by atoms with Crippen LogP contribution in [0.15, 0.2) is 60.8 Å². The first-order valence-corrected chi connectivity index (χ1v) is 10.1. The summed E-state index contributed by atoms with van der Waals surface area (Å²) in [5, 5.41) is 0. The highest BCUT2D eigenvalue weighted by atomic mass is 19.1. The Morgan fingerprint density at radius 3 is 1.96 bits per heavy atom. The molecule has 0 bridgehead atoms. The lowest BCUT2D eigenvalue weighted by Gasteiger charge is -2.08. The highest BCUT2D eigenvalue weighted by Gasteiger charge is 2.07. The molecule has 0 amide bonds. The zero-order valence-electron chi connectivity index (χ0n) is 16.3. The van der Waals surface area contributed by atoms with Gasteiger partial charge in [-0.05, 0) is 54.5 Å². The Balaban J connectivity index is 1.75. The number of pyridine rings is 1. The Bertz CT molecular complexity index is 850. The molecule has 27 heavy (non-hydrogen) atoms. The van der Waals surface area contributed by atoms with Crippen LogP contribution in [0.4, 0.5) is 4.39 Å². The minimum Gasteiger partial charge on any atom is -0.256 e. The molecule has 0 N–H and O–H groups in total. The van der Waals surface area contributed by atoms with Crippen molar-refractivity contribution in [3.63, 3.8) is 0 Å². The fraction of sp³-hybridized carbons (Fsp3) is 0.320. The van der Waals surface area contributed by atoms with Crippen molar-refractivity contribution in [2.45, 2.75) is 52.4 Å². The van der Waals surface area contributed by atoms with Crippen molar-refractivity contribution in [1.29, 1.82) is 0 Å². The summed E-state index contributed by atoms with van der Waals surface area (Å²) in [6.07, 6.45) is 8.59. The molecule has 0 aliphatic carbocycles. The number of hydrogen-bond donors (Lipinski definition) is 0. The summed E-state index contributed by atoms with van der Waals surface area (Å²) in [7, 11) is 0. The molecule has 1 aromatic heterocycles. The fourth-order valence-corrected chi connectivity index (χ4v) is 3.27. The first kappa shape index (κ1) is 19.3. The van der Waals surface area contributed by atoms with Crippen LogP contribution in [0.3, 0.4) is 0 Å². The highest BCUT2D eigenvalue weighted by molar-refractivity contribution is 5.69. The molecule has 0 aliphatic rings. The standard InChI is InChI=1S/C25H28FN/c1-3-5-7-19-9-15-23(24(26)17-19)21-11-13-22(14-12-21)25-16-10-20(18-27-25)8-6-4-2/h9-18H,3-8H2,1-2H3. The first-order valence-electron chi connectivity index (χ1n) is 10.1. The molecule has 2 heteroatoms. The minimum absolute atomic E-state index is 0.144. The molecule has 1 heterocycles. The second-order valence-electron chi connectivity index (χ2n) is 7.15. The van der Waals surface area contributed by atoms with Gasteiger partial charge in [-0.25, -0.2) is 4.39 Å². The van der Waals surface area contributed by atoms with Gasteiger partial charge in [0.2, 0.25) is 0 Å². The monoisotopic (exact) mass is 361 g/mol. The van der Waals surface area contributed by atoms with Crippen molar-refractivity contribution in [2.75, 3.05) is 0 Å². The van der Waals surface area contributed by atoms with Crippen molar-refractivity contribution in [3.05, 3.63) is 77.7 Å². The van der Waals surface area contributed by atoms with Crippen molar-refractivity contribution in [3.8, 4) is 22.4 Å². The van der Waals surface area contributed by atoms with E-state index in [2.05, 4.69) is 31.0 Å². The SMILES string of the molecule is CCCCc1ccc(-c2ccc(-c3ccc(CCCC)cc3F)cc2)nc1. The first-order chi connectivity index (χ1) is 13.2. The summed E-state index contributed by atoms with van der Waals surface area (Å²) >= 11 is 0. The summed E-state index contributed by atoms with van der Waals surface area (Å²) in [5.41, 5.74) is 5.92. The molecule has 0 unspecified atom stereocenters. The van der Waals surface area contributed by atoms with E-state index in [1.807, 2.05) is 42.6 Å². The number of aryl methyl sites for hydroxylation is 2. The highest BCUT2D eigenvalue weighted by Crippen LogP contribution is 2.27. The minimum atomic E-state index is -0.144. The van der Waals surface area contributed by atoms with Crippen LogP contribution in [0.1, 0.15) is 50.7 Å². The van der Waals surface area contributed by atoms with Gasteiger partial charge in [-0.1, -0.05) is 69.2 Å². The zero-order valence-corrected chi connectivity index (χ0v) is 16.3. The lowest BCUT2D eigenvalue weighted by atomic mass is 9.99. The molecule has 0 aliphatic heterocycles. The predicted molar refractivity (Wildman–Crippen MR) is 112 cm³/mol. The number of aromatic nitrogens is 1. The molecule has 2 aromatic carbocycles. The molecule has 0 saturated heterocycles. The summed E-state index contributed by atoms with van der Waals surface area (Å²) in [6.45, 7) is 4.35. The van der Waals surface area contributed by atoms with E-state index in [9.17, 15) is 4.39 Å². The van der Waals surface area contributed by atoms with Crippen molar-refractivity contribution < 1.29 is 4.39 Å². The second-order valence-corrected chi connectivity index (χ2v) is 7.15. The van der Waals surface area contributed by atoms with Crippen LogP contribution in [0.25, 0.3) is 22.4 Å². The predicted octanol–water partition coefficient (Wildman–Crippen LogP) is 7.24. The van der Waals surface area contributed by atoms with E-state index in [0.29, 0.717) is 5.56 Å². The zero-order chi connectivity index (χ0) is 19.1. The maximum atomic E-state index is 14.5. The van der Waals surface area contributed by atoms with Gasteiger partial charge >= 0.3 is 0 Å². The van der Waals surface area contributed by atoms with Crippen molar-refractivity contribution >= 4 is 0 Å². The van der Waals surface area contributed by atoms with Crippen molar-refractivity contribution in [2.24, 2.45) is 0 Å². The lowest BCUT2D eigenvalue weighted by molar-refractivity contribution is 0.627. The molecule has 0 saturated carbocycles. The van der Waals surface area contributed by atoms with Crippen LogP contribution in [0, 0.1) is 5.82 Å². The van der Waals surface area contributed by atoms with E-state index in [-0.39, 0.29) is 5.82 Å². The summed E-state index contributed by atoms with van der Waals surface area (Å²) < 4.78 is 14.5. The smallest absolute Gasteiger partial charge is 0.131 e. The number of unbranched alkanes of at least 4 members (excludes halogenated alkanes) is 2. The van der Waals surface area contributed by atoms with E-state index in [1.54, 1.807) is 6.07 Å². The maximum Gasteiger partial charge on any atom is 0.131 e. The van der Waals surface area contributed by atoms with Gasteiger partial charge in [-0.2, -0.15) is 0 Å². The summed E-state index contributed by atoms with van der Waals surface area (Å²) in [6, 6.07) is 17.8. The van der Waals surface area contributed by atoms with E-state index in [0.717, 1.165) is 48.1 Å². The Morgan fingerprint density at radius 1 is 0.741 bits per heavy atom. The van der Waals surface area contributed by atoms with Gasteiger partial charge in [0.25, 0.3) is 0 Å². The Morgan fingerprint density at radius 2 is 1.37 bits per heavy atom. The summed E-state index contributed by atoms with van der Waals surface area (Å²) in [4.78, 5) is 4.59. The number of halogens is 1. The van der Waals surface area contributed by atoms with Gasteiger partial charge in [0.15, 0.2) is 0 Å². The number of nitrogens with zero attached hydrogens (tertiary/aromatic N) is 1. The van der Waals surface area contributed by atoms with Crippen LogP contribution in [0.2, 0.25) is 0 Å². The average molecular weight is 362 g/mol. The molecule has 0 atom stereocenters. The lowest BCUT2D eigenvalue weighted by Crippen LogP contribution is -1.91. The molecule has 0 spiro atoms. The molecular weight excluding hydrogens is 333 g/mol. The van der Waals surface area contributed by atoms with Crippen LogP contribution >= 0.6 is 0 Å². The third-order valence-electron chi connectivity index (χ3n) is 4.99. The normalized spacial score (nSPS) is 10.9. The fourth-order valence-electron chi connectivity index (χ4n) is 3.27. The van der Waals surface area contributed by atoms with Crippen LogP contribution < -0.4 is 0 Å². The molecule has 0 fully saturated rings. The average Bonchev–Trinajstić information content (AvgIpc) is 2.71. The van der Waals surface area contributed by atoms with Gasteiger partial charge in [-0.3, -0.25) is 4.98 Å². The molecule has 0 radical (unpaired) electrons. The molecule has 140 valence electrons. The molecular formula is C25H28FN. The Hall–Kier alpha value is -2.48. The second kappa shape index (κ2) is 9.45. The maximum absolute atomic E-state index is 14.5. The van der Waals surface area contributed by atoms with E-state index < -0.39 is 0 Å². The van der Waals surface area contributed by atoms with E-state index >= 15 is 0 Å². The Kier molecular flexibility index (Phi) is 6.75. The number of hydrogen-bond acceptors (Lipinski definition) is 1.